The molecule has 1 amide bonds. The molecule has 3 aromatic rings. The number of aromatic nitrogens is 2. The van der Waals surface area contributed by atoms with E-state index in [4.69, 9.17) is 4.74 Å². The molecule has 1 unspecified atom stereocenters. The number of hydrogen-bond acceptors (Lipinski definition) is 6. The number of pyridine rings is 1. The fourth-order valence-electron chi connectivity index (χ4n) is 5.43. The van der Waals surface area contributed by atoms with E-state index in [1.54, 1.807) is 63.7 Å². The second-order valence-corrected chi connectivity index (χ2v) is 13.0. The Morgan fingerprint density at radius 1 is 1.13 bits per heavy atom. The number of carbonyl (C=O) groups excluding carboxylic acids is 1. The Morgan fingerprint density at radius 2 is 1.89 bits per heavy atom. The highest BCUT2D eigenvalue weighted by Crippen LogP contribution is 2.42. The van der Waals surface area contributed by atoms with Crippen LogP contribution in [0.2, 0.25) is 0 Å². The predicted octanol–water partition coefficient (Wildman–Crippen LogP) is 3.78. The van der Waals surface area contributed by atoms with Crippen LogP contribution in [0.5, 0.6) is 0 Å². The SMILES string of the molecule is C=C(OC(C)(C)C)N1CCC2(CCCN2S(=O)(=O)c2ccc(CNC(=O)c3ccc4nccn4c3)cc2)C1. The van der Waals surface area contributed by atoms with Gasteiger partial charge in [0.2, 0.25) is 10.0 Å². The lowest BCUT2D eigenvalue weighted by Crippen LogP contribution is -2.49. The molecule has 2 aromatic heterocycles. The summed E-state index contributed by atoms with van der Waals surface area (Å²) in [6.07, 6.45) is 7.59. The fourth-order valence-corrected chi connectivity index (χ4v) is 7.28. The van der Waals surface area contributed by atoms with Crippen LogP contribution in [0.15, 0.2) is 72.3 Å². The minimum absolute atomic E-state index is 0.209. The topological polar surface area (TPSA) is 96.2 Å². The van der Waals surface area contributed by atoms with Crippen LogP contribution in [0.1, 0.15) is 56.0 Å². The van der Waals surface area contributed by atoms with E-state index in [1.807, 2.05) is 20.8 Å². The second-order valence-electron chi connectivity index (χ2n) is 11.1. The van der Waals surface area contributed by atoms with E-state index in [9.17, 15) is 13.2 Å². The number of rotatable bonds is 7. The zero-order chi connectivity index (χ0) is 27.1. The molecule has 2 fully saturated rings. The van der Waals surface area contributed by atoms with Gasteiger partial charge in [-0.3, -0.25) is 4.79 Å². The molecule has 2 aliphatic heterocycles. The van der Waals surface area contributed by atoms with E-state index < -0.39 is 15.6 Å². The summed E-state index contributed by atoms with van der Waals surface area (Å²) in [7, 11) is -3.68. The first-order chi connectivity index (χ1) is 18.0. The molecule has 0 aliphatic carbocycles. The van der Waals surface area contributed by atoms with Gasteiger partial charge in [0.05, 0.1) is 16.0 Å². The molecule has 2 saturated heterocycles. The van der Waals surface area contributed by atoms with E-state index in [-0.39, 0.29) is 16.4 Å². The molecular formula is C28H35N5O4S. The summed E-state index contributed by atoms with van der Waals surface area (Å²) in [5, 5.41) is 2.90. The average molecular weight is 538 g/mol. The van der Waals surface area contributed by atoms with Gasteiger partial charge in [-0.2, -0.15) is 4.31 Å². The van der Waals surface area contributed by atoms with Gasteiger partial charge >= 0.3 is 0 Å². The van der Waals surface area contributed by atoms with E-state index in [0.29, 0.717) is 37.6 Å². The number of ether oxygens (including phenoxy) is 1. The Labute approximate surface area is 224 Å². The summed E-state index contributed by atoms with van der Waals surface area (Å²) >= 11 is 0. The molecule has 202 valence electrons. The van der Waals surface area contributed by atoms with Crippen molar-refractivity contribution in [1.29, 1.82) is 0 Å². The molecule has 0 saturated carbocycles. The Bertz CT molecular complexity index is 1460. The fraction of sp³-hybridized carbons (Fsp3) is 0.429. The molecule has 1 aromatic carbocycles. The van der Waals surface area contributed by atoms with Gasteiger partial charge in [-0.05, 0) is 76.4 Å². The first-order valence-corrected chi connectivity index (χ1v) is 14.4. The highest BCUT2D eigenvalue weighted by atomic mass is 32.2. The van der Waals surface area contributed by atoms with Crippen molar-refractivity contribution >= 4 is 21.6 Å². The molecule has 10 heteroatoms. The van der Waals surface area contributed by atoms with E-state index in [0.717, 1.165) is 30.5 Å². The maximum Gasteiger partial charge on any atom is 0.253 e. The van der Waals surface area contributed by atoms with Gasteiger partial charge in [-0.25, -0.2) is 13.4 Å². The minimum Gasteiger partial charge on any atom is -0.474 e. The van der Waals surface area contributed by atoms with Crippen LogP contribution in [0.4, 0.5) is 0 Å². The van der Waals surface area contributed by atoms with Gasteiger partial charge in [-0.1, -0.05) is 12.1 Å². The van der Waals surface area contributed by atoms with Crippen molar-refractivity contribution in [3.05, 3.63) is 78.6 Å². The van der Waals surface area contributed by atoms with Gasteiger partial charge < -0.3 is 19.4 Å². The van der Waals surface area contributed by atoms with Gasteiger partial charge in [0.25, 0.3) is 5.91 Å². The van der Waals surface area contributed by atoms with Crippen molar-refractivity contribution in [2.45, 2.75) is 62.6 Å². The van der Waals surface area contributed by atoms with Crippen LogP contribution >= 0.6 is 0 Å². The molecule has 1 spiro atoms. The third-order valence-electron chi connectivity index (χ3n) is 7.26. The third-order valence-corrected chi connectivity index (χ3v) is 9.27. The Balaban J connectivity index is 1.24. The van der Waals surface area contributed by atoms with Crippen LogP contribution in [-0.4, -0.2) is 63.7 Å². The standard InChI is InChI=1S/C28H35N5O4S/c1-21(37-27(2,3)4)32-16-13-28(20-32)12-5-15-33(28)38(35,36)24-9-6-22(7-10-24)18-30-26(34)23-8-11-25-29-14-17-31(25)19-23/h6-11,14,17,19H,1,5,12-13,15-16,18,20H2,2-4H3,(H,30,34). The first kappa shape index (κ1) is 26.2. The first-order valence-electron chi connectivity index (χ1n) is 12.9. The highest BCUT2D eigenvalue weighted by Gasteiger charge is 2.51. The van der Waals surface area contributed by atoms with Crippen LogP contribution in [-0.2, 0) is 21.3 Å². The third kappa shape index (κ3) is 5.15. The predicted molar refractivity (Wildman–Crippen MR) is 145 cm³/mol. The molecule has 0 radical (unpaired) electrons. The Kier molecular flexibility index (Phi) is 6.73. The molecule has 5 rings (SSSR count). The van der Waals surface area contributed by atoms with Gasteiger partial charge in [0.15, 0.2) is 5.88 Å². The van der Waals surface area contributed by atoms with E-state index in [2.05, 4.69) is 21.8 Å². The lowest BCUT2D eigenvalue weighted by molar-refractivity contribution is 0.00628. The smallest absolute Gasteiger partial charge is 0.253 e. The summed E-state index contributed by atoms with van der Waals surface area (Å²) < 4.78 is 36.9. The molecule has 9 nitrogen and oxygen atoms in total. The number of imidazole rings is 1. The van der Waals surface area contributed by atoms with Crippen LogP contribution in [0, 0.1) is 0 Å². The number of carbonyl (C=O) groups is 1. The number of likely N-dealkylation sites (tertiary alicyclic amines) is 1. The van der Waals surface area contributed by atoms with Crippen molar-refractivity contribution in [3.8, 4) is 0 Å². The monoisotopic (exact) mass is 537 g/mol. The quantitative estimate of drug-likeness (QED) is 0.461. The normalized spacial score (nSPS) is 20.3. The summed E-state index contributed by atoms with van der Waals surface area (Å²) in [5.41, 5.74) is 1.30. The summed E-state index contributed by atoms with van der Waals surface area (Å²) in [6, 6.07) is 10.3. The summed E-state index contributed by atoms with van der Waals surface area (Å²) in [6.45, 7) is 12.1. The summed E-state index contributed by atoms with van der Waals surface area (Å²) in [5.74, 6) is 0.383. The number of amides is 1. The largest absolute Gasteiger partial charge is 0.474 e. The zero-order valence-electron chi connectivity index (χ0n) is 22.2. The maximum absolute atomic E-state index is 13.7. The molecule has 1 atom stereocenters. The number of nitrogens with zero attached hydrogens (tertiary/aromatic N) is 4. The lowest BCUT2D eigenvalue weighted by atomic mass is 9.97. The number of sulfonamides is 1. The number of hydrogen-bond donors (Lipinski definition) is 1. The van der Waals surface area contributed by atoms with Crippen molar-refractivity contribution in [1.82, 2.24) is 23.9 Å². The molecule has 0 bridgehead atoms. The van der Waals surface area contributed by atoms with Gasteiger partial charge in [0, 0.05) is 44.8 Å². The van der Waals surface area contributed by atoms with Crippen molar-refractivity contribution < 1.29 is 17.9 Å². The van der Waals surface area contributed by atoms with Gasteiger partial charge in [-0.15, -0.1) is 0 Å². The Hall–Kier alpha value is -3.37. The molecule has 2 aliphatic rings. The van der Waals surface area contributed by atoms with Crippen LogP contribution < -0.4 is 5.32 Å². The van der Waals surface area contributed by atoms with Gasteiger partial charge in [0.1, 0.15) is 11.2 Å². The highest BCUT2D eigenvalue weighted by molar-refractivity contribution is 7.89. The van der Waals surface area contributed by atoms with Crippen molar-refractivity contribution in [2.24, 2.45) is 0 Å². The van der Waals surface area contributed by atoms with E-state index in [1.165, 1.54) is 0 Å². The van der Waals surface area contributed by atoms with Crippen LogP contribution in [0.25, 0.3) is 5.65 Å². The number of nitrogens with one attached hydrogen (secondary N) is 1. The Morgan fingerprint density at radius 3 is 2.63 bits per heavy atom. The average Bonchev–Trinajstić information content (AvgIpc) is 3.62. The van der Waals surface area contributed by atoms with Crippen LogP contribution in [0.3, 0.4) is 0 Å². The maximum atomic E-state index is 13.7. The number of benzene rings is 1. The molecule has 38 heavy (non-hydrogen) atoms. The van der Waals surface area contributed by atoms with E-state index >= 15 is 0 Å². The molecule has 1 N–H and O–H groups in total. The van der Waals surface area contributed by atoms with Crippen molar-refractivity contribution in [3.63, 3.8) is 0 Å². The number of fused-ring (bicyclic) bond motifs is 1. The second kappa shape index (κ2) is 9.74. The molecule has 4 heterocycles. The lowest BCUT2D eigenvalue weighted by Gasteiger charge is -2.35. The van der Waals surface area contributed by atoms with Crippen molar-refractivity contribution in [2.75, 3.05) is 19.6 Å². The molecular weight excluding hydrogens is 502 g/mol. The summed E-state index contributed by atoms with van der Waals surface area (Å²) in [4.78, 5) is 19.1. The minimum atomic E-state index is -3.68. The zero-order valence-corrected chi connectivity index (χ0v) is 23.0.